The number of carbonyl (C=O) groups excluding carboxylic acids is 2. The molecule has 2 aliphatic carbocycles. The van der Waals surface area contributed by atoms with Crippen LogP contribution >= 0.6 is 0 Å². The van der Waals surface area contributed by atoms with Crippen LogP contribution in [0.5, 0.6) is 0 Å². The van der Waals surface area contributed by atoms with Gasteiger partial charge in [0.15, 0.2) is 11.5 Å². The molecular weight excluding hydrogens is 456 g/mol. The number of hydrogen-bond acceptors (Lipinski definition) is 5. The van der Waals surface area contributed by atoms with Crippen LogP contribution in [-0.2, 0) is 12.6 Å². The topological polar surface area (TPSA) is 110 Å². The van der Waals surface area contributed by atoms with Crippen LogP contribution in [0.4, 0.5) is 23.2 Å². The van der Waals surface area contributed by atoms with Gasteiger partial charge in [-0.3, -0.25) is 9.59 Å². The molecule has 0 bridgehead atoms. The number of alkyl halides is 3. The number of hydrogen-bond donors (Lipinski definition) is 3. The van der Waals surface area contributed by atoms with E-state index in [0.29, 0.717) is 25.7 Å². The fraction of sp³-hybridized carbons (Fsp3) is 0.522. The number of nitrogens with zero attached hydrogens (tertiary/aromatic N) is 2. The Morgan fingerprint density at radius 2 is 1.85 bits per heavy atom. The number of benzene rings is 1. The minimum Gasteiger partial charge on any atom is -0.393 e. The molecule has 184 valence electrons. The van der Waals surface area contributed by atoms with Crippen LogP contribution in [0.3, 0.4) is 0 Å². The van der Waals surface area contributed by atoms with Gasteiger partial charge in [-0.1, -0.05) is 13.8 Å². The summed E-state index contributed by atoms with van der Waals surface area (Å²) in [4.78, 5) is 24.6. The van der Waals surface area contributed by atoms with Crippen molar-refractivity contribution < 1.29 is 32.3 Å². The lowest BCUT2D eigenvalue weighted by atomic mass is 9.75. The van der Waals surface area contributed by atoms with Gasteiger partial charge >= 0.3 is 6.18 Å². The maximum Gasteiger partial charge on any atom is 0.435 e. The summed E-state index contributed by atoms with van der Waals surface area (Å²) in [5.41, 5.74) is 2.57. The quantitative estimate of drug-likeness (QED) is 0.571. The SMILES string of the molecule is CC1(C)CC(=O)c2c(C(F)(F)F)nn(-c3cc(F)c(C(N)=O)c(NC4CCC(O)CC4)c3)c2C1. The number of carbonyl (C=O) groups is 2. The van der Waals surface area contributed by atoms with Crippen LogP contribution in [0.2, 0.25) is 0 Å². The smallest absolute Gasteiger partial charge is 0.393 e. The molecule has 0 atom stereocenters. The number of rotatable bonds is 4. The third kappa shape index (κ3) is 4.53. The molecule has 1 amide bonds. The number of aliphatic hydroxyl groups excluding tert-OH is 1. The lowest BCUT2D eigenvalue weighted by Crippen LogP contribution is -2.30. The van der Waals surface area contributed by atoms with Crippen molar-refractivity contribution in [2.24, 2.45) is 11.1 Å². The minimum absolute atomic E-state index is 0.0306. The van der Waals surface area contributed by atoms with Crippen molar-refractivity contribution in [3.05, 3.63) is 40.5 Å². The van der Waals surface area contributed by atoms with Crippen molar-refractivity contribution in [1.82, 2.24) is 9.78 Å². The average molecular weight is 482 g/mol. The molecule has 34 heavy (non-hydrogen) atoms. The van der Waals surface area contributed by atoms with Gasteiger partial charge in [0, 0.05) is 18.5 Å². The Hall–Kier alpha value is -2.95. The second kappa shape index (κ2) is 8.37. The zero-order valence-electron chi connectivity index (χ0n) is 18.8. The second-order valence-corrected chi connectivity index (χ2v) is 9.88. The molecule has 2 aliphatic rings. The molecule has 2 aromatic rings. The highest BCUT2D eigenvalue weighted by atomic mass is 19.4. The normalized spacial score (nSPS) is 22.4. The van der Waals surface area contributed by atoms with E-state index in [1.165, 1.54) is 6.07 Å². The fourth-order valence-electron chi connectivity index (χ4n) is 4.88. The summed E-state index contributed by atoms with van der Waals surface area (Å²) >= 11 is 0. The molecule has 7 nitrogen and oxygen atoms in total. The highest BCUT2D eigenvalue weighted by molar-refractivity contribution is 6.01. The first-order valence-electron chi connectivity index (χ1n) is 11.1. The molecule has 1 aromatic heterocycles. The Morgan fingerprint density at radius 3 is 2.44 bits per heavy atom. The van der Waals surface area contributed by atoms with E-state index < -0.39 is 52.0 Å². The molecule has 1 fully saturated rings. The van der Waals surface area contributed by atoms with E-state index in [1.54, 1.807) is 13.8 Å². The number of anilines is 1. The van der Waals surface area contributed by atoms with Crippen molar-refractivity contribution >= 4 is 17.4 Å². The van der Waals surface area contributed by atoms with Crippen LogP contribution in [0.25, 0.3) is 5.69 Å². The van der Waals surface area contributed by atoms with Gasteiger partial charge in [0.25, 0.3) is 5.91 Å². The van der Waals surface area contributed by atoms with Gasteiger partial charge in [0.05, 0.1) is 34.3 Å². The van der Waals surface area contributed by atoms with Crippen molar-refractivity contribution in [2.75, 3.05) is 5.32 Å². The average Bonchev–Trinajstić information content (AvgIpc) is 3.08. The van der Waals surface area contributed by atoms with Gasteiger partial charge in [-0.15, -0.1) is 0 Å². The molecule has 0 aliphatic heterocycles. The lowest BCUT2D eigenvalue weighted by Gasteiger charge is -2.29. The zero-order valence-corrected chi connectivity index (χ0v) is 18.8. The van der Waals surface area contributed by atoms with Gasteiger partial charge in [0.1, 0.15) is 5.82 Å². The van der Waals surface area contributed by atoms with Crippen LogP contribution in [0.15, 0.2) is 12.1 Å². The van der Waals surface area contributed by atoms with Gasteiger partial charge in [0.2, 0.25) is 0 Å². The number of fused-ring (bicyclic) bond motifs is 1. The molecular formula is C23H26F4N4O3. The number of amides is 1. The Morgan fingerprint density at radius 1 is 1.21 bits per heavy atom. The Kier molecular flexibility index (Phi) is 5.95. The number of nitrogens with two attached hydrogens (primary N) is 1. The first-order chi connectivity index (χ1) is 15.8. The molecule has 4 N–H and O–H groups in total. The van der Waals surface area contributed by atoms with E-state index in [1.807, 2.05) is 0 Å². The van der Waals surface area contributed by atoms with Crippen molar-refractivity contribution in [3.8, 4) is 5.69 Å². The second-order valence-electron chi connectivity index (χ2n) is 9.88. The monoisotopic (exact) mass is 482 g/mol. The van der Waals surface area contributed by atoms with E-state index in [4.69, 9.17) is 5.73 Å². The number of primary amides is 1. The predicted octanol–water partition coefficient (Wildman–Crippen LogP) is 4.00. The van der Waals surface area contributed by atoms with Crippen molar-refractivity contribution in [3.63, 3.8) is 0 Å². The molecule has 0 unspecified atom stereocenters. The van der Waals surface area contributed by atoms with Crippen LogP contribution in [0, 0.1) is 11.2 Å². The molecule has 1 heterocycles. The fourth-order valence-corrected chi connectivity index (χ4v) is 4.88. The predicted molar refractivity (Wildman–Crippen MR) is 115 cm³/mol. The van der Waals surface area contributed by atoms with Gasteiger partial charge in [-0.05, 0) is 43.6 Å². The lowest BCUT2D eigenvalue weighted by molar-refractivity contribution is -0.141. The van der Waals surface area contributed by atoms with E-state index in [-0.39, 0.29) is 36.0 Å². The van der Waals surface area contributed by atoms with E-state index in [0.717, 1.165) is 10.7 Å². The number of aromatic nitrogens is 2. The van der Waals surface area contributed by atoms with E-state index in [2.05, 4.69) is 10.4 Å². The number of ketones is 1. The summed E-state index contributed by atoms with van der Waals surface area (Å²) in [5, 5.41) is 16.5. The van der Waals surface area contributed by atoms with Crippen LogP contribution in [-0.4, -0.2) is 38.7 Å². The largest absolute Gasteiger partial charge is 0.435 e. The molecule has 4 rings (SSSR count). The first kappa shape index (κ1) is 24.2. The summed E-state index contributed by atoms with van der Waals surface area (Å²) in [6, 6.07) is 2.04. The maximum absolute atomic E-state index is 15.1. The Bertz CT molecular complexity index is 1150. The summed E-state index contributed by atoms with van der Waals surface area (Å²) in [6.45, 7) is 3.53. The third-order valence-electron chi connectivity index (χ3n) is 6.44. The summed E-state index contributed by atoms with van der Waals surface area (Å²) in [7, 11) is 0. The molecule has 0 saturated heterocycles. The number of Topliss-reactive ketones (excluding diaryl/α,β-unsaturated/α-hetero) is 1. The summed E-state index contributed by atoms with van der Waals surface area (Å²) in [6.07, 6.45) is -3.10. The van der Waals surface area contributed by atoms with Crippen molar-refractivity contribution in [2.45, 2.75) is 70.7 Å². The van der Waals surface area contributed by atoms with Crippen molar-refractivity contribution in [1.29, 1.82) is 0 Å². The summed E-state index contributed by atoms with van der Waals surface area (Å²) < 4.78 is 57.2. The van der Waals surface area contributed by atoms with Crippen LogP contribution in [0.1, 0.15) is 78.1 Å². The number of aliphatic hydroxyl groups is 1. The number of nitrogens with one attached hydrogen (secondary N) is 1. The van der Waals surface area contributed by atoms with Gasteiger partial charge in [-0.25, -0.2) is 9.07 Å². The first-order valence-corrected chi connectivity index (χ1v) is 11.1. The minimum atomic E-state index is -4.87. The van der Waals surface area contributed by atoms with E-state index in [9.17, 15) is 27.9 Å². The maximum atomic E-state index is 15.1. The number of halogens is 4. The molecule has 0 spiro atoms. The third-order valence-corrected chi connectivity index (χ3v) is 6.44. The van der Waals surface area contributed by atoms with Crippen LogP contribution < -0.4 is 11.1 Å². The molecule has 0 radical (unpaired) electrons. The molecule has 1 saturated carbocycles. The van der Waals surface area contributed by atoms with Gasteiger partial charge < -0.3 is 16.2 Å². The standard InChI is InChI=1S/C23H26F4N4O3/c1-22(2)9-16-19(17(33)10-22)20(23(25,26)27)30-31(16)12-7-14(24)18(21(28)34)15(8-12)29-11-3-5-13(32)6-4-11/h7-8,11,13,29,32H,3-6,9-10H2,1-2H3,(H2,28,34). The molecule has 1 aromatic carbocycles. The Labute approximate surface area is 193 Å². The highest BCUT2D eigenvalue weighted by Gasteiger charge is 2.45. The summed E-state index contributed by atoms with van der Waals surface area (Å²) in [5.74, 6) is -2.71. The zero-order chi connectivity index (χ0) is 25.0. The highest BCUT2D eigenvalue weighted by Crippen LogP contribution is 2.42. The van der Waals surface area contributed by atoms with E-state index >= 15 is 4.39 Å². The Balaban J connectivity index is 1.86. The van der Waals surface area contributed by atoms with Gasteiger partial charge in [-0.2, -0.15) is 18.3 Å². The molecule has 11 heteroatoms.